The van der Waals surface area contributed by atoms with Gasteiger partial charge in [0.2, 0.25) is 0 Å². The predicted octanol–water partition coefficient (Wildman–Crippen LogP) is 6.22. The van der Waals surface area contributed by atoms with E-state index in [1.54, 1.807) is 23.5 Å². The molecule has 2 nitrogen and oxygen atoms in total. The van der Waals surface area contributed by atoms with E-state index in [2.05, 4.69) is 72.8 Å². The summed E-state index contributed by atoms with van der Waals surface area (Å²) in [7, 11) is 0. The van der Waals surface area contributed by atoms with Gasteiger partial charge in [-0.05, 0) is 36.5 Å². The SMILES string of the molecule is Cc1ccc(CSc2nsc(SCc3ccc(C)cc3)c2C#N)cc1. The molecule has 0 bridgehead atoms. The van der Waals surface area contributed by atoms with Gasteiger partial charge in [-0.1, -0.05) is 71.4 Å². The molecule has 0 N–H and O–H groups in total. The van der Waals surface area contributed by atoms with Crippen LogP contribution in [0.2, 0.25) is 0 Å². The minimum Gasteiger partial charge on any atom is -0.192 e. The van der Waals surface area contributed by atoms with Crippen molar-refractivity contribution in [1.82, 2.24) is 4.37 Å². The standard InChI is InChI=1S/C20H18N2S3/c1-14-3-7-16(8-4-14)12-23-19-18(11-21)20(25-22-19)24-13-17-9-5-15(2)6-10-17/h3-10H,12-13H2,1-2H3. The summed E-state index contributed by atoms with van der Waals surface area (Å²) in [6, 6.07) is 19.4. The van der Waals surface area contributed by atoms with Crippen molar-refractivity contribution >= 4 is 35.1 Å². The van der Waals surface area contributed by atoms with Gasteiger partial charge in [-0.2, -0.15) is 9.64 Å². The molecule has 1 heterocycles. The lowest BCUT2D eigenvalue weighted by atomic mass is 10.2. The average Bonchev–Trinajstić information content (AvgIpc) is 3.02. The van der Waals surface area contributed by atoms with Crippen molar-refractivity contribution in [1.29, 1.82) is 5.26 Å². The van der Waals surface area contributed by atoms with Gasteiger partial charge < -0.3 is 0 Å². The fourth-order valence-electron chi connectivity index (χ4n) is 2.22. The zero-order valence-corrected chi connectivity index (χ0v) is 16.6. The number of hydrogen-bond donors (Lipinski definition) is 0. The number of aryl methyl sites for hydroxylation is 2. The summed E-state index contributed by atoms with van der Waals surface area (Å²) in [5.74, 6) is 1.69. The van der Waals surface area contributed by atoms with Crippen molar-refractivity contribution < 1.29 is 0 Å². The molecule has 0 saturated carbocycles. The quantitative estimate of drug-likeness (QED) is 0.474. The van der Waals surface area contributed by atoms with Crippen LogP contribution in [0.5, 0.6) is 0 Å². The molecule has 1 aromatic heterocycles. The number of hydrogen-bond acceptors (Lipinski definition) is 5. The van der Waals surface area contributed by atoms with Gasteiger partial charge in [-0.15, -0.1) is 11.8 Å². The largest absolute Gasteiger partial charge is 0.192 e. The second-order valence-electron chi connectivity index (χ2n) is 5.81. The molecule has 25 heavy (non-hydrogen) atoms. The van der Waals surface area contributed by atoms with Gasteiger partial charge in [0.15, 0.2) is 0 Å². The first-order valence-electron chi connectivity index (χ1n) is 7.92. The maximum absolute atomic E-state index is 9.55. The number of aromatic nitrogens is 1. The maximum atomic E-state index is 9.55. The van der Waals surface area contributed by atoms with Gasteiger partial charge in [0.1, 0.15) is 16.7 Å². The minimum absolute atomic E-state index is 0.722. The number of nitrogens with zero attached hydrogens (tertiary/aromatic N) is 2. The summed E-state index contributed by atoms with van der Waals surface area (Å²) in [4.78, 5) is 0. The van der Waals surface area contributed by atoms with Crippen LogP contribution in [0.4, 0.5) is 0 Å². The van der Waals surface area contributed by atoms with E-state index in [0.29, 0.717) is 0 Å². The van der Waals surface area contributed by atoms with Crippen LogP contribution in [0.1, 0.15) is 27.8 Å². The van der Waals surface area contributed by atoms with Crippen molar-refractivity contribution in [3.8, 4) is 6.07 Å². The average molecular weight is 383 g/mol. The van der Waals surface area contributed by atoms with E-state index in [4.69, 9.17) is 0 Å². The fourth-order valence-corrected chi connectivity index (χ4v) is 5.23. The molecule has 0 atom stereocenters. The van der Waals surface area contributed by atoms with Crippen molar-refractivity contribution in [2.45, 2.75) is 34.6 Å². The van der Waals surface area contributed by atoms with E-state index in [-0.39, 0.29) is 0 Å². The molecule has 0 aliphatic carbocycles. The molecule has 2 aromatic carbocycles. The van der Waals surface area contributed by atoms with Crippen LogP contribution >= 0.6 is 35.1 Å². The monoisotopic (exact) mass is 382 g/mol. The zero-order valence-electron chi connectivity index (χ0n) is 14.2. The lowest BCUT2D eigenvalue weighted by Crippen LogP contribution is -1.84. The molecular weight excluding hydrogens is 364 g/mol. The van der Waals surface area contributed by atoms with E-state index in [9.17, 15) is 5.26 Å². The van der Waals surface area contributed by atoms with E-state index >= 15 is 0 Å². The predicted molar refractivity (Wildman–Crippen MR) is 108 cm³/mol. The summed E-state index contributed by atoms with van der Waals surface area (Å²) in [6.07, 6.45) is 0. The van der Waals surface area contributed by atoms with Gasteiger partial charge in [0.05, 0.1) is 4.21 Å². The molecule has 5 heteroatoms. The van der Waals surface area contributed by atoms with Gasteiger partial charge in [0.25, 0.3) is 0 Å². The highest BCUT2D eigenvalue weighted by Crippen LogP contribution is 2.36. The summed E-state index contributed by atoms with van der Waals surface area (Å²) in [5, 5.41) is 10.4. The van der Waals surface area contributed by atoms with Crippen LogP contribution in [0.3, 0.4) is 0 Å². The first-order chi connectivity index (χ1) is 12.2. The molecule has 3 rings (SSSR count). The lowest BCUT2D eigenvalue weighted by Gasteiger charge is -2.02. The van der Waals surface area contributed by atoms with Crippen molar-refractivity contribution in [2.24, 2.45) is 0 Å². The van der Waals surface area contributed by atoms with Crippen molar-refractivity contribution in [2.75, 3.05) is 0 Å². The molecule has 126 valence electrons. The van der Waals surface area contributed by atoms with Gasteiger partial charge in [-0.3, -0.25) is 0 Å². The number of nitriles is 1. The van der Waals surface area contributed by atoms with Crippen LogP contribution in [0.15, 0.2) is 57.8 Å². The van der Waals surface area contributed by atoms with Crippen molar-refractivity contribution in [3.63, 3.8) is 0 Å². The second kappa shape index (κ2) is 8.57. The second-order valence-corrected chi connectivity index (χ2v) is 8.79. The normalized spacial score (nSPS) is 10.6. The summed E-state index contributed by atoms with van der Waals surface area (Å²) >= 11 is 4.76. The molecule has 0 aliphatic rings. The Balaban J connectivity index is 1.65. The molecule has 0 saturated heterocycles. The van der Waals surface area contributed by atoms with Crippen LogP contribution in [0.25, 0.3) is 0 Å². The Hall–Kier alpha value is -1.74. The van der Waals surface area contributed by atoms with Crippen LogP contribution in [-0.4, -0.2) is 4.37 Å². The third-order valence-corrected chi connectivity index (χ3v) is 7.05. The highest BCUT2D eigenvalue weighted by molar-refractivity contribution is 8.00. The summed E-state index contributed by atoms with van der Waals surface area (Å²) in [5.41, 5.74) is 5.76. The highest BCUT2D eigenvalue weighted by Gasteiger charge is 2.15. The van der Waals surface area contributed by atoms with E-state index in [1.807, 2.05) is 0 Å². The van der Waals surface area contributed by atoms with Crippen LogP contribution in [0, 0.1) is 25.2 Å². The Labute approximate surface area is 161 Å². The Morgan fingerprint density at radius 2 is 1.40 bits per heavy atom. The summed E-state index contributed by atoms with van der Waals surface area (Å²) < 4.78 is 5.52. The Kier molecular flexibility index (Phi) is 6.19. The molecule has 0 spiro atoms. The smallest absolute Gasteiger partial charge is 0.129 e. The molecule has 0 amide bonds. The number of thioether (sulfide) groups is 2. The molecule has 3 aromatic rings. The fraction of sp³-hybridized carbons (Fsp3) is 0.200. The van der Waals surface area contributed by atoms with E-state index in [1.165, 1.54) is 33.8 Å². The molecular formula is C20H18N2S3. The van der Waals surface area contributed by atoms with Crippen molar-refractivity contribution in [3.05, 3.63) is 76.3 Å². The first kappa shape index (κ1) is 18.1. The zero-order chi connectivity index (χ0) is 17.6. The Bertz CT molecular complexity index is 808. The van der Waals surface area contributed by atoms with Gasteiger partial charge >= 0.3 is 0 Å². The third kappa shape index (κ3) is 4.88. The minimum atomic E-state index is 0.722. The molecule has 0 fully saturated rings. The van der Waals surface area contributed by atoms with Gasteiger partial charge in [-0.25, -0.2) is 0 Å². The van der Waals surface area contributed by atoms with Crippen LogP contribution < -0.4 is 0 Å². The molecule has 0 aliphatic heterocycles. The highest BCUT2D eigenvalue weighted by atomic mass is 32.2. The molecule has 0 radical (unpaired) electrons. The Morgan fingerprint density at radius 1 is 0.880 bits per heavy atom. The van der Waals surface area contributed by atoms with Gasteiger partial charge in [0, 0.05) is 11.5 Å². The lowest BCUT2D eigenvalue weighted by molar-refractivity contribution is 1.22. The topological polar surface area (TPSA) is 36.7 Å². The third-order valence-electron chi connectivity index (χ3n) is 3.73. The summed E-state index contributed by atoms with van der Waals surface area (Å²) in [6.45, 7) is 4.17. The Morgan fingerprint density at radius 3 is 1.92 bits per heavy atom. The first-order valence-corrected chi connectivity index (χ1v) is 10.7. The van der Waals surface area contributed by atoms with E-state index in [0.717, 1.165) is 26.3 Å². The molecule has 0 unspecified atom stereocenters. The van der Waals surface area contributed by atoms with Crippen LogP contribution in [-0.2, 0) is 11.5 Å². The number of benzene rings is 2. The number of rotatable bonds is 6. The van der Waals surface area contributed by atoms with E-state index < -0.39 is 0 Å². The maximum Gasteiger partial charge on any atom is 0.129 e.